The van der Waals surface area contributed by atoms with Crippen LogP contribution < -0.4 is 5.32 Å². The van der Waals surface area contributed by atoms with E-state index in [0.717, 1.165) is 0 Å². The van der Waals surface area contributed by atoms with Gasteiger partial charge in [-0.05, 0) is 32.0 Å². The number of fused-ring (bicyclic) bond motifs is 2. The molecule has 4 rings (SSSR count). The number of hydrogen-bond donors (Lipinski definition) is 1. The van der Waals surface area contributed by atoms with E-state index in [-0.39, 0.29) is 5.95 Å². The number of aromatic nitrogens is 6. The number of imidazole rings is 2. The number of alkyl halides is 3. The van der Waals surface area contributed by atoms with E-state index in [1.165, 1.54) is 24.0 Å². The fourth-order valence-electron chi connectivity index (χ4n) is 3.17. The van der Waals surface area contributed by atoms with Crippen LogP contribution in [0.1, 0.15) is 18.8 Å². The van der Waals surface area contributed by atoms with Gasteiger partial charge in [-0.1, -0.05) is 11.6 Å². The number of rotatable bonds is 4. The molecule has 8 nitrogen and oxygen atoms in total. The average molecular weight is 438 g/mol. The molecule has 156 valence electrons. The first-order chi connectivity index (χ1) is 14.1. The molecule has 0 saturated carbocycles. The number of carbonyl (C=O) groups is 1. The summed E-state index contributed by atoms with van der Waals surface area (Å²) >= 11 is 6.08. The number of halogens is 4. The molecule has 1 N–H and O–H groups in total. The Hall–Kier alpha value is -3.21. The standard InChI is InChI=1S/C18H15ClF3N7O/c1-9(16(30)24-7-18(20,21)22)29-10(2)26-13-6-23-17(27-15(13)29)28-8-25-12-4-3-11(19)5-14(12)28/h3-6,8-9H,7H2,1-2H3,(H,24,30)/t9-/m1/s1. The lowest BCUT2D eigenvalue weighted by molar-refractivity contribution is -0.140. The summed E-state index contributed by atoms with van der Waals surface area (Å²) < 4.78 is 40.4. The number of carbonyl (C=O) groups excluding carboxylic acids is 1. The van der Waals surface area contributed by atoms with Crippen molar-refractivity contribution in [2.75, 3.05) is 6.54 Å². The number of nitrogens with one attached hydrogen (secondary N) is 1. The zero-order chi connectivity index (χ0) is 21.6. The van der Waals surface area contributed by atoms with Gasteiger partial charge in [0.05, 0.1) is 17.2 Å². The number of nitrogens with zero attached hydrogens (tertiary/aromatic N) is 6. The summed E-state index contributed by atoms with van der Waals surface area (Å²) in [6, 6.07) is 4.22. The van der Waals surface area contributed by atoms with E-state index in [9.17, 15) is 18.0 Å². The van der Waals surface area contributed by atoms with Gasteiger partial charge < -0.3 is 9.88 Å². The largest absolute Gasteiger partial charge is 0.405 e. The van der Waals surface area contributed by atoms with Crippen molar-refractivity contribution < 1.29 is 18.0 Å². The van der Waals surface area contributed by atoms with E-state index in [1.54, 1.807) is 29.7 Å². The van der Waals surface area contributed by atoms with Crippen molar-refractivity contribution in [3.63, 3.8) is 0 Å². The minimum absolute atomic E-state index is 0.260. The summed E-state index contributed by atoms with van der Waals surface area (Å²) in [5.74, 6) is -0.115. The fraction of sp³-hybridized carbons (Fsp3) is 0.278. The second kappa shape index (κ2) is 7.24. The molecule has 1 amide bonds. The Labute approximate surface area is 172 Å². The Morgan fingerprint density at radius 1 is 1.23 bits per heavy atom. The smallest absolute Gasteiger partial charge is 0.345 e. The third-order valence-electron chi connectivity index (χ3n) is 4.55. The van der Waals surface area contributed by atoms with Crippen LogP contribution in [0.4, 0.5) is 13.2 Å². The van der Waals surface area contributed by atoms with Crippen LogP contribution in [0.3, 0.4) is 0 Å². The SMILES string of the molecule is Cc1nc2cnc(-n3cnc4ccc(Cl)cc43)nc2n1[C@H](C)C(=O)NCC(F)(F)F. The van der Waals surface area contributed by atoms with Crippen molar-refractivity contribution in [2.45, 2.75) is 26.1 Å². The van der Waals surface area contributed by atoms with E-state index >= 15 is 0 Å². The second-order valence-electron chi connectivity index (χ2n) is 6.66. The lowest BCUT2D eigenvalue weighted by Crippen LogP contribution is -2.38. The normalized spacial score (nSPS) is 13.1. The molecule has 1 aromatic carbocycles. The van der Waals surface area contributed by atoms with E-state index in [4.69, 9.17) is 11.6 Å². The van der Waals surface area contributed by atoms with Crippen LogP contribution in [0.5, 0.6) is 0 Å². The summed E-state index contributed by atoms with van der Waals surface area (Å²) in [4.78, 5) is 29.7. The molecule has 30 heavy (non-hydrogen) atoms. The van der Waals surface area contributed by atoms with Crippen molar-refractivity contribution in [3.05, 3.63) is 41.6 Å². The minimum Gasteiger partial charge on any atom is -0.345 e. The molecular weight excluding hydrogens is 423 g/mol. The predicted octanol–water partition coefficient (Wildman–Crippen LogP) is 3.37. The molecule has 0 aliphatic rings. The molecule has 0 radical (unpaired) electrons. The Bertz CT molecular complexity index is 1260. The molecule has 3 heterocycles. The van der Waals surface area contributed by atoms with Crippen LogP contribution in [0.25, 0.3) is 28.1 Å². The molecule has 0 bridgehead atoms. The molecule has 12 heteroatoms. The van der Waals surface area contributed by atoms with Gasteiger partial charge in [0.2, 0.25) is 11.9 Å². The molecular formula is C18H15ClF3N7O. The van der Waals surface area contributed by atoms with Crippen LogP contribution in [-0.2, 0) is 4.79 Å². The number of aryl methyl sites for hydroxylation is 1. The molecule has 0 saturated heterocycles. The predicted molar refractivity (Wildman–Crippen MR) is 103 cm³/mol. The monoisotopic (exact) mass is 437 g/mol. The average Bonchev–Trinajstić information content (AvgIpc) is 3.24. The lowest BCUT2D eigenvalue weighted by atomic mass is 10.3. The van der Waals surface area contributed by atoms with Gasteiger partial charge in [-0.15, -0.1) is 0 Å². The molecule has 0 fully saturated rings. The van der Waals surface area contributed by atoms with Crippen LogP contribution >= 0.6 is 11.6 Å². The van der Waals surface area contributed by atoms with Gasteiger partial charge in [0.25, 0.3) is 0 Å². The zero-order valence-corrected chi connectivity index (χ0v) is 16.5. The first-order valence-corrected chi connectivity index (χ1v) is 9.21. The van der Waals surface area contributed by atoms with Crippen LogP contribution in [0, 0.1) is 6.92 Å². The fourth-order valence-corrected chi connectivity index (χ4v) is 3.33. The number of benzene rings is 1. The molecule has 0 aliphatic heterocycles. The van der Waals surface area contributed by atoms with Crippen molar-refractivity contribution in [1.29, 1.82) is 0 Å². The number of hydrogen-bond acceptors (Lipinski definition) is 5. The number of amides is 1. The zero-order valence-electron chi connectivity index (χ0n) is 15.8. The maximum atomic E-state index is 12.4. The maximum absolute atomic E-state index is 12.4. The Morgan fingerprint density at radius 3 is 2.73 bits per heavy atom. The van der Waals surface area contributed by atoms with Crippen molar-refractivity contribution >= 4 is 39.7 Å². The van der Waals surface area contributed by atoms with Gasteiger partial charge in [0, 0.05) is 5.02 Å². The third-order valence-corrected chi connectivity index (χ3v) is 4.79. The van der Waals surface area contributed by atoms with Crippen molar-refractivity contribution in [3.8, 4) is 5.95 Å². The van der Waals surface area contributed by atoms with E-state index < -0.39 is 24.7 Å². The van der Waals surface area contributed by atoms with Crippen LogP contribution in [-0.4, -0.2) is 47.7 Å². The summed E-state index contributed by atoms with van der Waals surface area (Å²) in [6.45, 7) is 1.71. The van der Waals surface area contributed by atoms with Crippen molar-refractivity contribution in [2.24, 2.45) is 0 Å². The highest BCUT2D eigenvalue weighted by Gasteiger charge is 2.30. The Balaban J connectivity index is 1.76. The first kappa shape index (κ1) is 20.1. The van der Waals surface area contributed by atoms with Gasteiger partial charge in [-0.2, -0.15) is 18.2 Å². The van der Waals surface area contributed by atoms with Gasteiger partial charge in [0.15, 0.2) is 5.65 Å². The Morgan fingerprint density at radius 2 is 2.00 bits per heavy atom. The highest BCUT2D eigenvalue weighted by molar-refractivity contribution is 6.31. The summed E-state index contributed by atoms with van der Waals surface area (Å²) in [6.07, 6.45) is -1.48. The van der Waals surface area contributed by atoms with E-state index in [2.05, 4.69) is 19.9 Å². The molecule has 0 unspecified atom stereocenters. The van der Waals surface area contributed by atoms with Crippen LogP contribution in [0.15, 0.2) is 30.7 Å². The quantitative estimate of drug-likeness (QED) is 0.528. The molecule has 0 aliphatic carbocycles. The van der Waals surface area contributed by atoms with Crippen LogP contribution in [0.2, 0.25) is 5.02 Å². The van der Waals surface area contributed by atoms with Gasteiger partial charge in [-0.3, -0.25) is 9.36 Å². The minimum atomic E-state index is -4.50. The van der Waals surface area contributed by atoms with Gasteiger partial charge in [0.1, 0.15) is 30.3 Å². The second-order valence-corrected chi connectivity index (χ2v) is 7.10. The highest BCUT2D eigenvalue weighted by atomic mass is 35.5. The molecule has 3 aromatic heterocycles. The molecule has 4 aromatic rings. The van der Waals surface area contributed by atoms with Crippen molar-refractivity contribution in [1.82, 2.24) is 34.4 Å². The summed E-state index contributed by atoms with van der Waals surface area (Å²) in [7, 11) is 0. The van der Waals surface area contributed by atoms with Gasteiger partial charge in [-0.25, -0.2) is 15.0 Å². The summed E-state index contributed by atoms with van der Waals surface area (Å²) in [5.41, 5.74) is 2.10. The third kappa shape index (κ3) is 3.67. The highest BCUT2D eigenvalue weighted by Crippen LogP contribution is 2.23. The molecule has 0 spiro atoms. The van der Waals surface area contributed by atoms with E-state index in [0.29, 0.717) is 33.0 Å². The maximum Gasteiger partial charge on any atom is 0.405 e. The Kier molecular flexibility index (Phi) is 4.85. The molecule has 1 atom stereocenters. The van der Waals surface area contributed by atoms with E-state index in [1.807, 2.05) is 5.32 Å². The lowest BCUT2D eigenvalue weighted by Gasteiger charge is -2.16. The first-order valence-electron chi connectivity index (χ1n) is 8.83. The summed E-state index contributed by atoms with van der Waals surface area (Å²) in [5, 5.41) is 2.40. The van der Waals surface area contributed by atoms with Gasteiger partial charge >= 0.3 is 6.18 Å². The topological polar surface area (TPSA) is 90.5 Å².